The number of ether oxygens (including phenoxy) is 2. The molecule has 0 unspecified atom stereocenters. The standard InChI is InChI=1S/C19H20O2/c1-3-13-20-18-9-5-16(6-10-18)15-17-7-11-19(12-8-17)21-14-4-2/h3-12,14H,1,13,15H2,2H3/b14-4+. The average molecular weight is 280 g/mol. The summed E-state index contributed by atoms with van der Waals surface area (Å²) in [6.45, 7) is 6.10. The summed E-state index contributed by atoms with van der Waals surface area (Å²) >= 11 is 0. The first-order valence-electron chi connectivity index (χ1n) is 7.01. The quantitative estimate of drug-likeness (QED) is 0.538. The Morgan fingerprint density at radius 3 is 2.00 bits per heavy atom. The maximum Gasteiger partial charge on any atom is 0.126 e. The molecule has 0 aliphatic heterocycles. The molecular weight excluding hydrogens is 260 g/mol. The van der Waals surface area contributed by atoms with Crippen molar-refractivity contribution in [2.45, 2.75) is 13.3 Å². The van der Waals surface area contributed by atoms with Crippen LogP contribution in [-0.2, 0) is 6.42 Å². The maximum atomic E-state index is 5.47. The van der Waals surface area contributed by atoms with Crippen molar-refractivity contribution >= 4 is 0 Å². The Balaban J connectivity index is 1.96. The number of benzene rings is 2. The van der Waals surface area contributed by atoms with Gasteiger partial charge in [0.15, 0.2) is 0 Å². The van der Waals surface area contributed by atoms with Crippen molar-refractivity contribution in [1.29, 1.82) is 0 Å². The molecule has 0 aliphatic rings. The minimum atomic E-state index is 0.535. The van der Waals surface area contributed by atoms with E-state index in [1.54, 1.807) is 12.3 Å². The van der Waals surface area contributed by atoms with Gasteiger partial charge in [-0.25, -0.2) is 0 Å². The van der Waals surface area contributed by atoms with Crippen molar-refractivity contribution in [1.82, 2.24) is 0 Å². The molecule has 0 fully saturated rings. The normalized spacial score (nSPS) is 10.5. The fourth-order valence-corrected chi connectivity index (χ4v) is 1.93. The van der Waals surface area contributed by atoms with Crippen LogP contribution in [-0.4, -0.2) is 6.61 Å². The summed E-state index contributed by atoms with van der Waals surface area (Å²) in [5, 5.41) is 0. The van der Waals surface area contributed by atoms with E-state index in [0.717, 1.165) is 17.9 Å². The van der Waals surface area contributed by atoms with Crippen LogP contribution in [0.3, 0.4) is 0 Å². The number of allylic oxidation sites excluding steroid dienone is 1. The van der Waals surface area contributed by atoms with Gasteiger partial charge in [0.25, 0.3) is 0 Å². The van der Waals surface area contributed by atoms with E-state index in [1.807, 2.05) is 37.3 Å². The predicted molar refractivity (Wildman–Crippen MR) is 86.8 cm³/mol. The molecule has 0 saturated heterocycles. The van der Waals surface area contributed by atoms with E-state index < -0.39 is 0 Å². The topological polar surface area (TPSA) is 18.5 Å². The summed E-state index contributed by atoms with van der Waals surface area (Å²) in [4.78, 5) is 0. The summed E-state index contributed by atoms with van der Waals surface area (Å²) in [5.41, 5.74) is 2.51. The first-order valence-corrected chi connectivity index (χ1v) is 7.01. The van der Waals surface area contributed by atoms with E-state index in [0.29, 0.717) is 6.61 Å². The Bertz CT molecular complexity index is 580. The van der Waals surface area contributed by atoms with Gasteiger partial charge in [0, 0.05) is 0 Å². The van der Waals surface area contributed by atoms with Crippen LogP contribution in [0, 0.1) is 0 Å². The molecular formula is C19H20O2. The second-order valence-corrected chi connectivity index (χ2v) is 4.65. The van der Waals surface area contributed by atoms with Gasteiger partial charge in [-0.2, -0.15) is 0 Å². The summed E-state index contributed by atoms with van der Waals surface area (Å²) in [6.07, 6.45) is 6.18. The minimum Gasteiger partial charge on any atom is -0.490 e. The van der Waals surface area contributed by atoms with Crippen LogP contribution in [0.1, 0.15) is 18.1 Å². The number of hydrogen-bond acceptors (Lipinski definition) is 2. The lowest BCUT2D eigenvalue weighted by Crippen LogP contribution is -1.93. The molecule has 2 aromatic carbocycles. The molecule has 0 atom stereocenters. The fraction of sp³-hybridized carbons (Fsp3) is 0.158. The van der Waals surface area contributed by atoms with Crippen molar-refractivity contribution in [3.63, 3.8) is 0 Å². The zero-order valence-electron chi connectivity index (χ0n) is 12.3. The second-order valence-electron chi connectivity index (χ2n) is 4.65. The molecule has 108 valence electrons. The van der Waals surface area contributed by atoms with Crippen molar-refractivity contribution in [3.05, 3.63) is 84.7 Å². The van der Waals surface area contributed by atoms with Crippen LogP contribution in [0.15, 0.2) is 73.5 Å². The summed E-state index contributed by atoms with van der Waals surface area (Å²) in [7, 11) is 0. The molecule has 0 heterocycles. The second kappa shape index (κ2) is 7.95. The van der Waals surface area contributed by atoms with E-state index in [2.05, 4.69) is 30.8 Å². The van der Waals surface area contributed by atoms with Crippen LogP contribution in [0.4, 0.5) is 0 Å². The Morgan fingerprint density at radius 1 is 0.905 bits per heavy atom. The van der Waals surface area contributed by atoms with Gasteiger partial charge in [0.2, 0.25) is 0 Å². The van der Waals surface area contributed by atoms with Gasteiger partial charge in [-0.15, -0.1) is 0 Å². The van der Waals surface area contributed by atoms with Crippen LogP contribution in [0.25, 0.3) is 0 Å². The summed E-state index contributed by atoms with van der Waals surface area (Å²) in [6, 6.07) is 16.3. The monoisotopic (exact) mass is 280 g/mol. The molecule has 0 radical (unpaired) electrons. The van der Waals surface area contributed by atoms with Crippen LogP contribution < -0.4 is 9.47 Å². The van der Waals surface area contributed by atoms with Gasteiger partial charge in [0.1, 0.15) is 18.1 Å². The molecule has 0 amide bonds. The van der Waals surface area contributed by atoms with Crippen molar-refractivity contribution in [3.8, 4) is 11.5 Å². The molecule has 0 aromatic heterocycles. The number of hydrogen-bond donors (Lipinski definition) is 0. The predicted octanol–water partition coefficient (Wildman–Crippen LogP) is 4.75. The van der Waals surface area contributed by atoms with E-state index in [-0.39, 0.29) is 0 Å². The van der Waals surface area contributed by atoms with Gasteiger partial charge < -0.3 is 9.47 Å². The molecule has 2 nitrogen and oxygen atoms in total. The highest BCUT2D eigenvalue weighted by molar-refractivity contribution is 5.34. The van der Waals surface area contributed by atoms with Crippen molar-refractivity contribution < 1.29 is 9.47 Å². The molecule has 0 spiro atoms. The van der Waals surface area contributed by atoms with Gasteiger partial charge in [0.05, 0.1) is 6.26 Å². The van der Waals surface area contributed by atoms with E-state index >= 15 is 0 Å². The van der Waals surface area contributed by atoms with Crippen LogP contribution in [0.2, 0.25) is 0 Å². The molecule has 2 rings (SSSR count). The third-order valence-corrected chi connectivity index (χ3v) is 2.96. The van der Waals surface area contributed by atoms with E-state index in [4.69, 9.17) is 9.47 Å². The third-order valence-electron chi connectivity index (χ3n) is 2.96. The maximum absolute atomic E-state index is 5.47. The van der Waals surface area contributed by atoms with Crippen molar-refractivity contribution in [2.75, 3.05) is 6.61 Å². The average Bonchev–Trinajstić information content (AvgIpc) is 2.53. The first kappa shape index (κ1) is 14.9. The Labute approximate surface area is 126 Å². The minimum absolute atomic E-state index is 0.535. The Hall–Kier alpha value is -2.48. The van der Waals surface area contributed by atoms with E-state index in [1.165, 1.54) is 11.1 Å². The highest BCUT2D eigenvalue weighted by Crippen LogP contribution is 2.18. The smallest absolute Gasteiger partial charge is 0.126 e. The Morgan fingerprint density at radius 2 is 1.48 bits per heavy atom. The Kier molecular flexibility index (Phi) is 5.65. The van der Waals surface area contributed by atoms with E-state index in [9.17, 15) is 0 Å². The lowest BCUT2D eigenvalue weighted by Gasteiger charge is -2.06. The molecule has 0 N–H and O–H groups in total. The van der Waals surface area contributed by atoms with Crippen molar-refractivity contribution in [2.24, 2.45) is 0 Å². The zero-order valence-corrected chi connectivity index (χ0v) is 12.3. The zero-order chi connectivity index (χ0) is 14.9. The molecule has 2 heteroatoms. The summed E-state index contributed by atoms with van der Waals surface area (Å²) < 4.78 is 10.9. The largest absolute Gasteiger partial charge is 0.490 e. The third kappa shape index (κ3) is 4.84. The molecule has 2 aromatic rings. The van der Waals surface area contributed by atoms with Crippen LogP contribution in [0.5, 0.6) is 11.5 Å². The molecule has 21 heavy (non-hydrogen) atoms. The van der Waals surface area contributed by atoms with Gasteiger partial charge in [-0.05, 0) is 48.7 Å². The molecule has 0 bridgehead atoms. The number of rotatable bonds is 7. The summed E-state index contributed by atoms with van der Waals surface area (Å²) in [5.74, 6) is 1.72. The molecule has 0 aliphatic carbocycles. The van der Waals surface area contributed by atoms with Gasteiger partial charge in [-0.1, -0.05) is 43.0 Å². The lowest BCUT2D eigenvalue weighted by atomic mass is 10.0. The highest BCUT2D eigenvalue weighted by Gasteiger charge is 1.99. The first-order chi connectivity index (χ1) is 10.3. The van der Waals surface area contributed by atoms with Gasteiger partial charge >= 0.3 is 0 Å². The highest BCUT2D eigenvalue weighted by atomic mass is 16.5. The SMILES string of the molecule is C=CCOc1ccc(Cc2ccc(O/C=C/C)cc2)cc1. The lowest BCUT2D eigenvalue weighted by molar-refractivity contribution is 0.363. The van der Waals surface area contributed by atoms with Gasteiger partial charge in [-0.3, -0.25) is 0 Å². The fourth-order valence-electron chi connectivity index (χ4n) is 1.93. The molecule has 0 saturated carbocycles. The van der Waals surface area contributed by atoms with Crippen LogP contribution >= 0.6 is 0 Å².